The van der Waals surface area contributed by atoms with Gasteiger partial charge >= 0.3 is 5.97 Å². The van der Waals surface area contributed by atoms with Gasteiger partial charge in [-0.15, -0.1) is 10.2 Å². The second-order valence-electron chi connectivity index (χ2n) is 3.78. The lowest BCUT2D eigenvalue weighted by atomic mass is 10.0. The zero-order valence-electron chi connectivity index (χ0n) is 10.1. The Kier molecular flexibility index (Phi) is 3.66. The van der Waals surface area contributed by atoms with E-state index in [9.17, 15) is 18.0 Å². The van der Waals surface area contributed by atoms with Crippen LogP contribution in [0.25, 0.3) is 5.57 Å². The molecule has 2 rings (SSSR count). The standard InChI is InChI=1S/C12H6N2O6S/c15-10(16)6-5-9-11(12(17)14-13-9)7-1-3-8(4-2-7)21(18,19)20/h1-4H,(H,15,16)(H,18,19,20). The van der Waals surface area contributed by atoms with Crippen molar-refractivity contribution in [3.63, 3.8) is 0 Å². The average Bonchev–Trinajstić information content (AvgIpc) is 2.76. The highest BCUT2D eigenvalue weighted by Gasteiger charge is 2.22. The van der Waals surface area contributed by atoms with Crippen LogP contribution >= 0.6 is 0 Å². The van der Waals surface area contributed by atoms with Crippen LogP contribution in [-0.2, 0) is 19.7 Å². The maximum atomic E-state index is 11.6. The van der Waals surface area contributed by atoms with E-state index < -0.39 is 22.0 Å². The number of amides is 1. The fraction of sp³-hybridized carbons (Fsp3) is 0. The molecule has 0 radical (unpaired) electrons. The molecule has 0 atom stereocenters. The molecule has 0 bridgehead atoms. The molecule has 1 aliphatic heterocycles. The maximum Gasteiger partial charge on any atom is 0.382 e. The number of carboxylic acids is 1. The molecule has 0 unspecified atom stereocenters. The number of hydrogen-bond acceptors (Lipinski definition) is 5. The molecule has 1 aromatic carbocycles. The van der Waals surface area contributed by atoms with Gasteiger partial charge in [0.2, 0.25) is 0 Å². The predicted molar refractivity (Wildman–Crippen MR) is 68.5 cm³/mol. The smallest absolute Gasteiger partial charge is 0.382 e. The third-order valence-corrected chi connectivity index (χ3v) is 3.29. The van der Waals surface area contributed by atoms with Gasteiger partial charge in [-0.25, -0.2) is 4.79 Å². The molecule has 0 spiro atoms. The van der Waals surface area contributed by atoms with Gasteiger partial charge in [-0.3, -0.25) is 9.35 Å². The first-order valence-corrected chi connectivity index (χ1v) is 6.76. The van der Waals surface area contributed by atoms with Gasteiger partial charge in [-0.2, -0.15) is 8.42 Å². The van der Waals surface area contributed by atoms with E-state index in [1.165, 1.54) is 12.1 Å². The number of benzene rings is 1. The third kappa shape index (κ3) is 3.19. The highest BCUT2D eigenvalue weighted by Crippen LogP contribution is 2.27. The molecule has 1 amide bonds. The second kappa shape index (κ2) is 5.28. The molecule has 0 aliphatic carbocycles. The van der Waals surface area contributed by atoms with Crippen LogP contribution in [-0.4, -0.2) is 30.0 Å². The van der Waals surface area contributed by atoms with Crippen LogP contribution in [0.1, 0.15) is 5.56 Å². The van der Waals surface area contributed by atoms with E-state index in [0.29, 0.717) is 0 Å². The van der Waals surface area contributed by atoms with Gasteiger partial charge in [0.1, 0.15) is 5.70 Å². The lowest BCUT2D eigenvalue weighted by Crippen LogP contribution is -2.00. The monoisotopic (exact) mass is 306 g/mol. The highest BCUT2D eigenvalue weighted by atomic mass is 32.2. The summed E-state index contributed by atoms with van der Waals surface area (Å²) in [4.78, 5) is 21.7. The third-order valence-electron chi connectivity index (χ3n) is 2.42. The van der Waals surface area contributed by atoms with Gasteiger partial charge in [0.05, 0.1) is 10.5 Å². The lowest BCUT2D eigenvalue weighted by Gasteiger charge is -2.01. The van der Waals surface area contributed by atoms with Crippen molar-refractivity contribution in [2.24, 2.45) is 10.2 Å². The van der Waals surface area contributed by atoms with Crippen molar-refractivity contribution in [2.75, 3.05) is 0 Å². The van der Waals surface area contributed by atoms with Crippen LogP contribution in [0.3, 0.4) is 0 Å². The molecule has 21 heavy (non-hydrogen) atoms. The van der Waals surface area contributed by atoms with E-state index >= 15 is 0 Å². The van der Waals surface area contributed by atoms with Gasteiger partial charge < -0.3 is 5.11 Å². The average molecular weight is 306 g/mol. The van der Waals surface area contributed by atoms with Crippen molar-refractivity contribution in [1.29, 1.82) is 0 Å². The molecule has 106 valence electrons. The molecule has 0 fully saturated rings. The van der Waals surface area contributed by atoms with Crippen LogP contribution in [0, 0.1) is 11.8 Å². The Balaban J connectivity index is 2.49. The fourth-order valence-electron chi connectivity index (χ4n) is 1.55. The molecular weight excluding hydrogens is 300 g/mol. The van der Waals surface area contributed by atoms with Crippen molar-refractivity contribution in [3.05, 3.63) is 35.5 Å². The topological polar surface area (TPSA) is 133 Å². The molecule has 1 aromatic rings. The normalized spacial score (nSPS) is 14.0. The van der Waals surface area contributed by atoms with Gasteiger partial charge in [-0.1, -0.05) is 12.1 Å². The van der Waals surface area contributed by atoms with E-state index in [4.69, 9.17) is 9.66 Å². The second-order valence-corrected chi connectivity index (χ2v) is 5.20. The van der Waals surface area contributed by atoms with Crippen molar-refractivity contribution in [3.8, 4) is 11.8 Å². The number of rotatable bonds is 2. The number of carbonyl (C=O) groups is 2. The summed E-state index contributed by atoms with van der Waals surface area (Å²) in [6, 6.07) is 4.70. The van der Waals surface area contributed by atoms with E-state index in [1.807, 2.05) is 5.92 Å². The van der Waals surface area contributed by atoms with Gasteiger partial charge in [0.15, 0.2) is 0 Å². The first-order chi connectivity index (χ1) is 9.79. The Morgan fingerprint density at radius 3 is 2.29 bits per heavy atom. The zero-order chi connectivity index (χ0) is 15.6. The Morgan fingerprint density at radius 1 is 1.14 bits per heavy atom. The summed E-state index contributed by atoms with van der Waals surface area (Å²) in [5, 5.41) is 15.2. The highest BCUT2D eigenvalue weighted by molar-refractivity contribution is 7.85. The van der Waals surface area contributed by atoms with E-state index in [0.717, 1.165) is 12.1 Å². The van der Waals surface area contributed by atoms with Crippen LogP contribution < -0.4 is 0 Å². The van der Waals surface area contributed by atoms with Crippen molar-refractivity contribution < 1.29 is 27.7 Å². The van der Waals surface area contributed by atoms with Crippen molar-refractivity contribution in [1.82, 2.24) is 0 Å². The van der Waals surface area contributed by atoms with Gasteiger partial charge in [0.25, 0.3) is 16.0 Å². The minimum Gasteiger partial charge on any atom is -0.472 e. The summed E-state index contributed by atoms with van der Waals surface area (Å²) in [5.41, 5.74) is 0.0970. The van der Waals surface area contributed by atoms with Gasteiger partial charge in [0, 0.05) is 5.92 Å². The molecule has 9 heteroatoms. The Labute approximate surface area is 118 Å². The van der Waals surface area contributed by atoms with Crippen LogP contribution in [0.15, 0.2) is 45.1 Å². The van der Waals surface area contributed by atoms with Crippen molar-refractivity contribution in [2.45, 2.75) is 4.90 Å². The van der Waals surface area contributed by atoms with Crippen LogP contribution in [0.4, 0.5) is 0 Å². The number of azo groups is 1. The molecule has 0 aromatic heterocycles. The first kappa shape index (κ1) is 14.6. The lowest BCUT2D eigenvalue weighted by molar-refractivity contribution is -0.130. The molecule has 0 saturated carbocycles. The Morgan fingerprint density at radius 2 is 1.76 bits per heavy atom. The first-order valence-electron chi connectivity index (χ1n) is 5.32. The molecular formula is C12H6N2O6S. The quantitative estimate of drug-likeness (QED) is 0.611. The van der Waals surface area contributed by atoms with Gasteiger partial charge in [-0.05, 0) is 23.6 Å². The van der Waals surface area contributed by atoms with E-state index in [1.54, 1.807) is 0 Å². The summed E-state index contributed by atoms with van der Waals surface area (Å²) in [7, 11) is -4.35. The van der Waals surface area contributed by atoms with E-state index in [-0.39, 0.29) is 21.7 Å². The number of nitrogens with zero attached hydrogens (tertiary/aromatic N) is 2. The summed E-state index contributed by atoms with van der Waals surface area (Å²) in [6.07, 6.45) is 0. The fourth-order valence-corrected chi connectivity index (χ4v) is 2.03. The van der Waals surface area contributed by atoms with Crippen molar-refractivity contribution >= 4 is 27.6 Å². The van der Waals surface area contributed by atoms with Crippen LogP contribution in [0.5, 0.6) is 0 Å². The molecule has 2 N–H and O–H groups in total. The Hall–Kier alpha value is -2.83. The minimum absolute atomic E-state index is 0.0364. The Bertz CT molecular complexity index is 853. The zero-order valence-corrected chi connectivity index (χ0v) is 11.0. The molecule has 0 saturated heterocycles. The largest absolute Gasteiger partial charge is 0.472 e. The summed E-state index contributed by atoms with van der Waals surface area (Å²) in [6.45, 7) is 0. The predicted octanol–water partition coefficient (Wildman–Crippen LogP) is 0.725. The SMILES string of the molecule is O=C(O)C#CC1=C(c2ccc(S(=O)(=O)O)cc2)C(=O)N=N1. The number of carboxylic acid groups (broad SMARTS) is 1. The summed E-state index contributed by atoms with van der Waals surface area (Å²) < 4.78 is 30.7. The molecule has 1 heterocycles. The number of allylic oxidation sites excluding steroid dienone is 1. The number of carbonyl (C=O) groups excluding carboxylic acids is 1. The maximum absolute atomic E-state index is 11.6. The molecule has 1 aliphatic rings. The summed E-state index contributed by atoms with van der Waals surface area (Å²) in [5.74, 6) is 1.89. The minimum atomic E-state index is -4.35. The number of aliphatic carboxylic acids is 1. The van der Waals surface area contributed by atoms with E-state index in [2.05, 4.69) is 16.1 Å². The van der Waals surface area contributed by atoms with Crippen LogP contribution in [0.2, 0.25) is 0 Å². The number of hydrogen-bond donors (Lipinski definition) is 2. The summed E-state index contributed by atoms with van der Waals surface area (Å²) >= 11 is 0. The molecule has 8 nitrogen and oxygen atoms in total.